The highest BCUT2D eigenvalue weighted by Crippen LogP contribution is 2.40. The first-order valence-corrected chi connectivity index (χ1v) is 22.9. The molecule has 67 heavy (non-hydrogen) atoms. The van der Waals surface area contributed by atoms with E-state index in [9.17, 15) is 28.8 Å². The number of hydrogen-bond donors (Lipinski definition) is 5. The molecule has 4 aromatic carbocycles. The first-order valence-electron chi connectivity index (χ1n) is 22.9. The molecule has 0 bridgehead atoms. The van der Waals surface area contributed by atoms with Crippen molar-refractivity contribution in [1.29, 1.82) is 0 Å². The van der Waals surface area contributed by atoms with Crippen molar-refractivity contribution in [2.24, 2.45) is 11.7 Å². The topological polar surface area (TPSA) is 213 Å². The number of carbonyl (C=O) groups is 6. The highest BCUT2D eigenvalue weighted by molar-refractivity contribution is 6.23. The van der Waals surface area contributed by atoms with Crippen LogP contribution in [0.2, 0.25) is 0 Å². The molecule has 9 rings (SSSR count). The zero-order chi connectivity index (χ0) is 46.6. The van der Waals surface area contributed by atoms with Crippen molar-refractivity contribution < 1.29 is 33.5 Å². The quantitative estimate of drug-likeness (QED) is 0.0615. The smallest absolute Gasteiger partial charge is 0.262 e. The van der Waals surface area contributed by atoms with Crippen molar-refractivity contribution >= 4 is 52.6 Å². The number of rotatable bonds is 16. The van der Waals surface area contributed by atoms with Crippen LogP contribution in [0.3, 0.4) is 0 Å². The summed E-state index contributed by atoms with van der Waals surface area (Å²) in [4.78, 5) is 81.5. The number of anilines is 3. The van der Waals surface area contributed by atoms with Gasteiger partial charge in [-0.25, -0.2) is 4.68 Å². The van der Waals surface area contributed by atoms with E-state index < -0.39 is 35.6 Å². The molecule has 1 unspecified atom stereocenters. The molecule has 4 aliphatic heterocycles. The number of primary amides is 1. The number of nitrogens with two attached hydrogens (primary N) is 1. The van der Waals surface area contributed by atoms with Crippen LogP contribution in [-0.2, 0) is 20.9 Å². The van der Waals surface area contributed by atoms with Gasteiger partial charge in [0.2, 0.25) is 17.7 Å². The third-order valence-electron chi connectivity index (χ3n) is 13.1. The summed E-state index contributed by atoms with van der Waals surface area (Å²) in [5, 5.41) is 17.3. The zero-order valence-electron chi connectivity index (χ0n) is 37.3. The van der Waals surface area contributed by atoms with Gasteiger partial charge >= 0.3 is 0 Å². The van der Waals surface area contributed by atoms with Crippen molar-refractivity contribution in [3.8, 4) is 22.8 Å². The minimum Gasteiger partial charge on any atom is -0.457 e. The van der Waals surface area contributed by atoms with Crippen molar-refractivity contribution in [3.63, 3.8) is 0 Å². The lowest BCUT2D eigenvalue weighted by atomic mass is 9.86. The Balaban J connectivity index is 0.706. The lowest BCUT2D eigenvalue weighted by Crippen LogP contribution is -2.54. The molecule has 17 nitrogen and oxygen atoms in total. The second kappa shape index (κ2) is 19.5. The normalized spacial score (nSPS) is 18.3. The van der Waals surface area contributed by atoms with E-state index in [1.165, 1.54) is 0 Å². The summed E-state index contributed by atoms with van der Waals surface area (Å²) in [6.45, 7) is 4.51. The van der Waals surface area contributed by atoms with E-state index in [1.807, 2.05) is 83.4 Å². The van der Waals surface area contributed by atoms with Crippen LogP contribution in [0.4, 0.5) is 17.2 Å². The third kappa shape index (κ3) is 9.72. The lowest BCUT2D eigenvalue weighted by molar-refractivity contribution is -0.136. The van der Waals surface area contributed by atoms with E-state index in [2.05, 4.69) is 38.3 Å². The molecule has 346 valence electrons. The van der Waals surface area contributed by atoms with Gasteiger partial charge in [-0.2, -0.15) is 5.10 Å². The number of carbonyl (C=O) groups excluding carboxylic acids is 6. The van der Waals surface area contributed by atoms with Crippen molar-refractivity contribution in [2.75, 3.05) is 62.3 Å². The van der Waals surface area contributed by atoms with Gasteiger partial charge in [0.1, 0.15) is 34.6 Å². The number of piperidine rings is 2. The number of nitrogens with one attached hydrogen (secondary N) is 4. The van der Waals surface area contributed by atoms with Gasteiger partial charge in [-0.15, -0.1) is 0 Å². The first kappa shape index (κ1) is 44.7. The number of fused-ring (bicyclic) bond motifs is 2. The summed E-state index contributed by atoms with van der Waals surface area (Å²) < 4.78 is 7.92. The van der Waals surface area contributed by atoms with E-state index in [0.29, 0.717) is 86.7 Å². The fourth-order valence-electron chi connectivity index (χ4n) is 9.57. The van der Waals surface area contributed by atoms with Crippen LogP contribution in [0.25, 0.3) is 11.3 Å². The standard InChI is InChI=1S/C50H54N10O7/c1-57(30-31-7-11-34(12-8-31)52-24-25-53-35-13-16-38-39(29-35)50(66)59(49(38)65)41-17-18-42(61)55-48(41)64)26-22-43(62)58-27-20-32(21-28-58)40-19-23-54-47-44(46(51)63)45(56-60(40)47)33-9-14-37(15-10-33)67-36-5-3-2-4-6-36/h2-16,29,32,40-41,52-54H,17-28,30H2,1H3,(H2,51,63)(H,55,61,64)/t40-,41?/m0/s1. The Morgan fingerprint density at radius 1 is 0.821 bits per heavy atom. The van der Waals surface area contributed by atoms with Crippen LogP contribution in [0.5, 0.6) is 11.5 Å². The molecule has 6 amide bonds. The van der Waals surface area contributed by atoms with Gasteiger partial charge in [-0.05, 0) is 111 Å². The van der Waals surface area contributed by atoms with Gasteiger partial charge in [0.15, 0.2) is 0 Å². The maximum Gasteiger partial charge on any atom is 0.262 e. The zero-order valence-corrected chi connectivity index (χ0v) is 37.3. The number of para-hydroxylation sites is 1. The number of likely N-dealkylation sites (tertiary alicyclic amines) is 1. The molecule has 17 heteroatoms. The molecule has 1 aromatic heterocycles. The fraction of sp³-hybridized carbons (Fsp3) is 0.340. The maximum absolute atomic E-state index is 13.4. The molecular weight excluding hydrogens is 853 g/mol. The van der Waals surface area contributed by atoms with E-state index in [4.69, 9.17) is 15.6 Å². The van der Waals surface area contributed by atoms with Crippen LogP contribution in [-0.4, -0.2) is 112 Å². The molecule has 0 radical (unpaired) electrons. The number of hydrogen-bond acceptors (Lipinski definition) is 12. The Kier molecular flexibility index (Phi) is 13.0. The highest BCUT2D eigenvalue weighted by atomic mass is 16.5. The van der Waals surface area contributed by atoms with Crippen molar-refractivity contribution in [3.05, 3.63) is 119 Å². The van der Waals surface area contributed by atoms with Crippen molar-refractivity contribution in [2.45, 2.75) is 57.2 Å². The summed E-state index contributed by atoms with van der Waals surface area (Å²) in [6, 6.07) is 29.2. The van der Waals surface area contributed by atoms with Crippen molar-refractivity contribution in [1.82, 2.24) is 29.8 Å². The lowest BCUT2D eigenvalue weighted by Gasteiger charge is -2.38. The van der Waals surface area contributed by atoms with Gasteiger partial charge in [0.05, 0.1) is 17.2 Å². The Hall–Kier alpha value is -7.53. The molecule has 0 aliphatic carbocycles. The van der Waals surface area contributed by atoms with Crippen LogP contribution < -0.4 is 31.7 Å². The number of amides is 6. The van der Waals surface area contributed by atoms with Gasteiger partial charge < -0.3 is 36.2 Å². The van der Waals surface area contributed by atoms with E-state index in [0.717, 1.165) is 46.7 Å². The monoisotopic (exact) mass is 906 g/mol. The van der Waals surface area contributed by atoms with E-state index >= 15 is 0 Å². The number of benzene rings is 4. The number of ether oxygens (including phenoxy) is 1. The second-order valence-corrected chi connectivity index (χ2v) is 17.6. The van der Waals surface area contributed by atoms with Gasteiger partial charge in [-0.1, -0.05) is 30.3 Å². The number of aromatic nitrogens is 2. The van der Waals surface area contributed by atoms with E-state index in [-0.39, 0.29) is 35.9 Å². The summed E-state index contributed by atoms with van der Waals surface area (Å²) in [6.07, 6.45) is 3.16. The molecule has 2 atom stereocenters. The molecule has 5 aromatic rings. The summed E-state index contributed by atoms with van der Waals surface area (Å²) in [7, 11) is 2.02. The Morgan fingerprint density at radius 2 is 1.51 bits per heavy atom. The van der Waals surface area contributed by atoms with Gasteiger partial charge in [0.25, 0.3) is 17.7 Å². The van der Waals surface area contributed by atoms with Crippen LogP contribution in [0.1, 0.15) is 81.2 Å². The minimum absolute atomic E-state index is 0.0693. The molecule has 0 saturated carbocycles. The molecule has 0 spiro atoms. The van der Waals surface area contributed by atoms with Crippen LogP contribution in [0, 0.1) is 5.92 Å². The molecule has 2 saturated heterocycles. The Morgan fingerprint density at radius 3 is 2.22 bits per heavy atom. The summed E-state index contributed by atoms with van der Waals surface area (Å²) >= 11 is 0. The molecule has 5 heterocycles. The maximum atomic E-state index is 13.4. The Labute approximate surface area is 388 Å². The average Bonchev–Trinajstić information content (AvgIpc) is 3.85. The summed E-state index contributed by atoms with van der Waals surface area (Å²) in [5.74, 6) is -0.149. The molecule has 6 N–H and O–H groups in total. The minimum atomic E-state index is -1.00. The highest BCUT2D eigenvalue weighted by Gasteiger charge is 2.45. The van der Waals surface area contributed by atoms with Gasteiger partial charge in [0, 0.05) is 75.6 Å². The number of nitrogens with zero attached hydrogens (tertiary/aromatic N) is 5. The molecular formula is C50H54N10O7. The predicted molar refractivity (Wildman–Crippen MR) is 252 cm³/mol. The molecule has 2 fully saturated rings. The second-order valence-electron chi connectivity index (χ2n) is 17.6. The van der Waals surface area contributed by atoms with Crippen LogP contribution >= 0.6 is 0 Å². The van der Waals surface area contributed by atoms with E-state index in [1.54, 1.807) is 18.2 Å². The number of imide groups is 2. The average molecular weight is 907 g/mol. The fourth-order valence-corrected chi connectivity index (χ4v) is 9.57. The third-order valence-corrected chi connectivity index (χ3v) is 13.1. The SMILES string of the molecule is CN(CCC(=O)N1CCC([C@@H]2CCNc3c(C(N)=O)c(-c4ccc(Oc5ccccc5)cc4)nn32)CC1)Cc1ccc(NCCNc2ccc3c(c2)C(=O)N(C2CCC(=O)NC2=O)C3=O)cc1. The predicted octanol–water partition coefficient (Wildman–Crippen LogP) is 5.48. The molecule has 4 aliphatic rings. The van der Waals surface area contributed by atoms with Gasteiger partial charge in [-0.3, -0.25) is 39.0 Å². The summed E-state index contributed by atoms with van der Waals surface area (Å²) in [5.41, 5.74) is 10.9. The first-order chi connectivity index (χ1) is 32.5. The van der Waals surface area contributed by atoms with Crippen LogP contribution in [0.15, 0.2) is 97.1 Å². The largest absolute Gasteiger partial charge is 0.457 e. The Bertz CT molecular complexity index is 2680.